The van der Waals surface area contributed by atoms with Crippen LogP contribution in [0.25, 0.3) is 10.6 Å². The molecule has 1 atom stereocenters. The number of alkyl halides is 3. The van der Waals surface area contributed by atoms with Crippen LogP contribution in [0.2, 0.25) is 0 Å². The molecule has 0 aromatic heterocycles. The van der Waals surface area contributed by atoms with Crippen LogP contribution >= 0.6 is 11.8 Å². The van der Waals surface area contributed by atoms with Crippen molar-refractivity contribution in [2.75, 3.05) is 11.9 Å². The highest BCUT2D eigenvalue weighted by Gasteiger charge is 2.30. The van der Waals surface area contributed by atoms with Crippen molar-refractivity contribution >= 4 is 34.0 Å². The van der Waals surface area contributed by atoms with E-state index in [-0.39, 0.29) is 23.6 Å². The second-order valence-corrected chi connectivity index (χ2v) is 9.99. The van der Waals surface area contributed by atoms with Crippen LogP contribution in [0.4, 0.5) is 23.2 Å². The molecule has 0 bridgehead atoms. The summed E-state index contributed by atoms with van der Waals surface area (Å²) < 4.78 is 53.0. The van der Waals surface area contributed by atoms with E-state index in [4.69, 9.17) is 11.5 Å². The third-order valence-electron chi connectivity index (χ3n) is 5.97. The molecule has 0 saturated heterocycles. The summed E-state index contributed by atoms with van der Waals surface area (Å²) in [6.45, 7) is 4.34. The molecule has 6 N–H and O–H groups in total. The van der Waals surface area contributed by atoms with Crippen molar-refractivity contribution in [2.45, 2.75) is 25.1 Å². The zero-order chi connectivity index (χ0) is 27.4. The van der Waals surface area contributed by atoms with Crippen LogP contribution < -0.4 is 22.1 Å². The van der Waals surface area contributed by atoms with Gasteiger partial charge in [0.2, 0.25) is 5.91 Å². The summed E-state index contributed by atoms with van der Waals surface area (Å²) in [7, 11) is 0. The highest BCUT2D eigenvalue weighted by atomic mass is 32.2. The molecule has 0 saturated carbocycles. The van der Waals surface area contributed by atoms with E-state index in [1.54, 1.807) is 30.3 Å². The first kappa shape index (κ1) is 27.3. The second kappa shape index (κ2) is 11.3. The molecule has 38 heavy (non-hydrogen) atoms. The van der Waals surface area contributed by atoms with Gasteiger partial charge in [-0.3, -0.25) is 4.79 Å². The van der Waals surface area contributed by atoms with Gasteiger partial charge in [-0.05, 0) is 59.5 Å². The standard InChI is InChI=1S/C28H26F4N4OS/c1-16(35-15-21(33)12-17-6-9-20(10-7-17)28(30,31)32)38-27(26(34)22-4-2-3-5-23(22)29)18-8-11-24-19(13-18)14-25(37)36-24/h2-11,13,21,35H,1,12,14-15,33-34H2,(H,36,37)/b27-26-/t21-/m0/s1. The van der Waals surface area contributed by atoms with E-state index in [9.17, 15) is 22.4 Å². The lowest BCUT2D eigenvalue weighted by Gasteiger charge is -2.18. The molecule has 198 valence electrons. The molecule has 0 aliphatic carbocycles. The fourth-order valence-corrected chi connectivity index (χ4v) is 4.92. The van der Waals surface area contributed by atoms with Crippen LogP contribution in [0.3, 0.4) is 0 Å². The quantitative estimate of drug-likeness (QED) is 0.212. The summed E-state index contributed by atoms with van der Waals surface area (Å²) in [5, 5.41) is 6.41. The maximum absolute atomic E-state index is 14.6. The average Bonchev–Trinajstić information content (AvgIpc) is 3.25. The summed E-state index contributed by atoms with van der Waals surface area (Å²) in [4.78, 5) is 12.4. The van der Waals surface area contributed by atoms with Gasteiger partial charge in [-0.2, -0.15) is 13.2 Å². The monoisotopic (exact) mass is 542 g/mol. The van der Waals surface area contributed by atoms with Crippen molar-refractivity contribution in [2.24, 2.45) is 11.5 Å². The van der Waals surface area contributed by atoms with Crippen molar-refractivity contribution in [1.82, 2.24) is 5.32 Å². The van der Waals surface area contributed by atoms with Crippen molar-refractivity contribution in [3.05, 3.63) is 112 Å². The number of benzene rings is 3. The largest absolute Gasteiger partial charge is 0.416 e. The molecular weight excluding hydrogens is 516 g/mol. The van der Waals surface area contributed by atoms with Gasteiger partial charge in [0.15, 0.2) is 0 Å². The molecule has 0 unspecified atom stereocenters. The molecule has 5 nitrogen and oxygen atoms in total. The van der Waals surface area contributed by atoms with Crippen LogP contribution in [-0.2, 0) is 23.8 Å². The molecule has 0 spiro atoms. The Morgan fingerprint density at radius 1 is 1.11 bits per heavy atom. The van der Waals surface area contributed by atoms with Gasteiger partial charge >= 0.3 is 6.18 Å². The first-order valence-corrected chi connectivity index (χ1v) is 12.5. The Hall–Kier alpha value is -3.76. The Kier molecular flexibility index (Phi) is 8.13. The van der Waals surface area contributed by atoms with Gasteiger partial charge in [0.1, 0.15) is 5.82 Å². The van der Waals surface area contributed by atoms with Crippen LogP contribution in [0, 0.1) is 5.82 Å². The molecule has 4 rings (SSSR count). The van der Waals surface area contributed by atoms with Gasteiger partial charge in [0, 0.05) is 28.7 Å². The number of anilines is 1. The molecule has 1 heterocycles. The Balaban J connectivity index is 1.48. The third-order valence-corrected chi connectivity index (χ3v) is 7.02. The SMILES string of the molecule is C=C(NC[C@@H](N)Cc1ccc(C(F)(F)F)cc1)S/C(=C(\N)c1ccccc1F)c1ccc2c(c1)CC(=O)N2. The minimum absolute atomic E-state index is 0.106. The molecule has 10 heteroatoms. The molecule has 0 radical (unpaired) electrons. The number of amides is 1. The predicted octanol–water partition coefficient (Wildman–Crippen LogP) is 5.49. The van der Waals surface area contributed by atoms with Gasteiger partial charge in [0.25, 0.3) is 0 Å². The number of halogens is 4. The minimum atomic E-state index is -4.39. The summed E-state index contributed by atoms with van der Waals surface area (Å²) >= 11 is 1.21. The smallest absolute Gasteiger partial charge is 0.397 e. The molecule has 0 fully saturated rings. The fourth-order valence-electron chi connectivity index (χ4n) is 4.05. The van der Waals surface area contributed by atoms with Crippen molar-refractivity contribution < 1.29 is 22.4 Å². The molecule has 1 aliphatic rings. The lowest BCUT2D eigenvalue weighted by Crippen LogP contribution is -2.34. The van der Waals surface area contributed by atoms with Crippen molar-refractivity contribution in [3.63, 3.8) is 0 Å². The first-order valence-electron chi connectivity index (χ1n) is 11.7. The summed E-state index contributed by atoms with van der Waals surface area (Å²) in [5.74, 6) is -0.580. The number of hydrogen-bond donors (Lipinski definition) is 4. The number of rotatable bonds is 9. The van der Waals surface area contributed by atoms with E-state index in [0.29, 0.717) is 34.0 Å². The van der Waals surface area contributed by atoms with Crippen molar-refractivity contribution in [3.8, 4) is 0 Å². The number of nitrogens with one attached hydrogen (secondary N) is 2. The number of carbonyl (C=O) groups excluding carboxylic acids is 1. The van der Waals surface area contributed by atoms with Crippen LogP contribution in [0.15, 0.2) is 78.3 Å². The summed E-state index contributed by atoms with van der Waals surface area (Å²) in [6, 6.07) is 16.1. The van der Waals surface area contributed by atoms with Crippen molar-refractivity contribution in [1.29, 1.82) is 0 Å². The van der Waals surface area contributed by atoms with Crippen LogP contribution in [-0.4, -0.2) is 18.5 Å². The summed E-state index contributed by atoms with van der Waals surface area (Å²) in [5.41, 5.74) is 15.3. The Bertz CT molecular complexity index is 1390. The highest BCUT2D eigenvalue weighted by Crippen LogP contribution is 2.39. The maximum Gasteiger partial charge on any atom is 0.416 e. The maximum atomic E-state index is 14.6. The number of carbonyl (C=O) groups is 1. The van der Waals surface area contributed by atoms with Gasteiger partial charge in [-0.1, -0.05) is 48.7 Å². The average molecular weight is 543 g/mol. The molecule has 3 aromatic carbocycles. The first-order chi connectivity index (χ1) is 18.0. The normalized spacial score (nSPS) is 14.4. The molecule has 3 aromatic rings. The second-order valence-electron chi connectivity index (χ2n) is 8.88. The molecule has 1 amide bonds. The number of hydrogen-bond acceptors (Lipinski definition) is 5. The van der Waals surface area contributed by atoms with Crippen LogP contribution in [0.5, 0.6) is 0 Å². The fraction of sp³-hybridized carbons (Fsp3) is 0.179. The number of nitrogens with two attached hydrogens (primary N) is 2. The molecular formula is C28H26F4N4OS. The lowest BCUT2D eigenvalue weighted by atomic mass is 10.0. The van der Waals surface area contributed by atoms with Gasteiger partial charge in [-0.25, -0.2) is 4.39 Å². The Morgan fingerprint density at radius 2 is 1.82 bits per heavy atom. The lowest BCUT2D eigenvalue weighted by molar-refractivity contribution is -0.137. The van der Waals surface area contributed by atoms with Crippen LogP contribution in [0.1, 0.15) is 27.8 Å². The van der Waals surface area contributed by atoms with E-state index in [1.165, 1.54) is 30.0 Å². The van der Waals surface area contributed by atoms with E-state index in [2.05, 4.69) is 17.2 Å². The zero-order valence-corrected chi connectivity index (χ0v) is 21.1. The number of thioether (sulfide) groups is 1. The third kappa shape index (κ3) is 6.56. The number of fused-ring (bicyclic) bond motifs is 1. The Morgan fingerprint density at radius 3 is 2.50 bits per heavy atom. The van der Waals surface area contributed by atoms with Gasteiger partial charge in [0.05, 0.1) is 22.7 Å². The minimum Gasteiger partial charge on any atom is -0.397 e. The van der Waals surface area contributed by atoms with E-state index in [1.807, 2.05) is 6.07 Å². The van der Waals surface area contributed by atoms with Gasteiger partial charge < -0.3 is 22.1 Å². The van der Waals surface area contributed by atoms with Gasteiger partial charge in [-0.15, -0.1) is 0 Å². The Labute approximate surface area is 222 Å². The summed E-state index contributed by atoms with van der Waals surface area (Å²) in [6.07, 6.45) is -3.80. The topological polar surface area (TPSA) is 93.2 Å². The van der Waals surface area contributed by atoms with E-state index >= 15 is 0 Å². The predicted molar refractivity (Wildman–Crippen MR) is 144 cm³/mol. The highest BCUT2D eigenvalue weighted by molar-refractivity contribution is 8.11. The van der Waals surface area contributed by atoms with E-state index < -0.39 is 23.6 Å². The molecule has 1 aliphatic heterocycles. The van der Waals surface area contributed by atoms with E-state index in [0.717, 1.165) is 23.4 Å². The zero-order valence-electron chi connectivity index (χ0n) is 20.2.